The molecule has 0 spiro atoms. The maximum absolute atomic E-state index is 13.1. The van der Waals surface area contributed by atoms with Crippen LogP contribution in [0.4, 0.5) is 0 Å². The van der Waals surface area contributed by atoms with Crippen molar-refractivity contribution in [1.29, 1.82) is 0 Å². The fourth-order valence-electron chi connectivity index (χ4n) is 8.81. The SMILES string of the molecule is CC/C=C\C/C=C\C/C=C\C/C=C\C/C=C\C/C=C\CCCCCCCCCCCCCCC(=O)NC(COC1OC(CO)C(O)C(O)C1O)C(O)CCCCCCCCCCCCCCCCC. The average molecular weight is 971 g/mol. The monoisotopic (exact) mass is 970 g/mol. The van der Waals surface area contributed by atoms with Crippen molar-refractivity contribution in [2.24, 2.45) is 0 Å². The summed E-state index contributed by atoms with van der Waals surface area (Å²) < 4.78 is 11.3. The van der Waals surface area contributed by atoms with E-state index in [0.29, 0.717) is 12.8 Å². The van der Waals surface area contributed by atoms with E-state index in [1.807, 2.05) is 0 Å². The molecule has 1 saturated heterocycles. The van der Waals surface area contributed by atoms with Gasteiger partial charge in [-0.15, -0.1) is 0 Å². The Morgan fingerprint density at radius 2 is 0.899 bits per heavy atom. The molecule has 1 heterocycles. The molecule has 9 heteroatoms. The average Bonchev–Trinajstić information content (AvgIpc) is 3.35. The van der Waals surface area contributed by atoms with Crippen LogP contribution < -0.4 is 5.32 Å². The summed E-state index contributed by atoms with van der Waals surface area (Å²) in [6.07, 6.45) is 60.7. The molecule has 0 radical (unpaired) electrons. The molecule has 1 fully saturated rings. The summed E-state index contributed by atoms with van der Waals surface area (Å²) in [7, 11) is 0. The van der Waals surface area contributed by atoms with Crippen LogP contribution in [0.3, 0.4) is 0 Å². The van der Waals surface area contributed by atoms with Gasteiger partial charge in [0, 0.05) is 6.42 Å². The summed E-state index contributed by atoms with van der Waals surface area (Å²) in [5.41, 5.74) is 0. The molecule has 0 aromatic carbocycles. The number of aliphatic hydroxyl groups excluding tert-OH is 5. The van der Waals surface area contributed by atoms with Crippen molar-refractivity contribution in [3.63, 3.8) is 0 Å². The third-order valence-electron chi connectivity index (χ3n) is 13.3. The summed E-state index contributed by atoms with van der Waals surface area (Å²) in [6, 6.07) is -0.723. The second kappa shape index (κ2) is 49.2. The van der Waals surface area contributed by atoms with Crippen molar-refractivity contribution in [2.45, 2.75) is 288 Å². The topological polar surface area (TPSA) is 149 Å². The van der Waals surface area contributed by atoms with Crippen LogP contribution in [0.5, 0.6) is 0 Å². The lowest BCUT2D eigenvalue weighted by molar-refractivity contribution is -0.302. The minimum absolute atomic E-state index is 0.140. The fourth-order valence-corrected chi connectivity index (χ4v) is 8.81. The first-order chi connectivity index (χ1) is 33.8. The van der Waals surface area contributed by atoms with Crippen molar-refractivity contribution in [3.05, 3.63) is 72.9 Å². The number of hydrogen-bond donors (Lipinski definition) is 6. The minimum Gasteiger partial charge on any atom is -0.394 e. The zero-order chi connectivity index (χ0) is 50.1. The molecule has 0 aliphatic carbocycles. The van der Waals surface area contributed by atoms with Crippen LogP contribution in [0.25, 0.3) is 0 Å². The molecule has 7 atom stereocenters. The first kappa shape index (κ1) is 64.6. The Morgan fingerprint density at radius 3 is 1.33 bits per heavy atom. The lowest BCUT2D eigenvalue weighted by Crippen LogP contribution is -2.60. The van der Waals surface area contributed by atoms with Crippen molar-refractivity contribution >= 4 is 5.91 Å². The predicted molar refractivity (Wildman–Crippen MR) is 290 cm³/mol. The van der Waals surface area contributed by atoms with Gasteiger partial charge in [-0.1, -0.05) is 247 Å². The summed E-state index contributed by atoms with van der Waals surface area (Å²) in [5.74, 6) is -0.148. The van der Waals surface area contributed by atoms with Crippen LogP contribution in [0.1, 0.15) is 245 Å². The molecule has 0 saturated carbocycles. The molecular formula is C60H107NO8. The molecule has 1 amide bonds. The highest BCUT2D eigenvalue weighted by Gasteiger charge is 2.44. The molecule has 1 aliphatic heterocycles. The summed E-state index contributed by atoms with van der Waals surface area (Å²) in [5, 5.41) is 54.6. The molecule has 69 heavy (non-hydrogen) atoms. The Morgan fingerprint density at radius 1 is 0.507 bits per heavy atom. The Labute approximate surface area is 423 Å². The van der Waals surface area contributed by atoms with Crippen LogP contribution in [-0.2, 0) is 14.3 Å². The van der Waals surface area contributed by atoms with Crippen molar-refractivity contribution in [1.82, 2.24) is 5.32 Å². The number of unbranched alkanes of at least 4 members (excludes halogenated alkanes) is 26. The van der Waals surface area contributed by atoms with E-state index in [1.165, 1.54) is 141 Å². The minimum atomic E-state index is -1.56. The van der Waals surface area contributed by atoms with Gasteiger partial charge in [-0.3, -0.25) is 4.79 Å². The number of nitrogens with one attached hydrogen (secondary N) is 1. The Bertz CT molecular complexity index is 1310. The fraction of sp³-hybridized carbons (Fsp3) is 0.783. The normalized spacial score (nSPS) is 20.0. The van der Waals surface area contributed by atoms with Crippen LogP contribution in [0.15, 0.2) is 72.9 Å². The summed E-state index contributed by atoms with van der Waals surface area (Å²) in [4.78, 5) is 13.1. The van der Waals surface area contributed by atoms with Gasteiger partial charge in [-0.25, -0.2) is 0 Å². The van der Waals surface area contributed by atoms with E-state index < -0.39 is 49.5 Å². The second-order valence-corrected chi connectivity index (χ2v) is 19.7. The van der Waals surface area contributed by atoms with Crippen LogP contribution >= 0.6 is 0 Å². The van der Waals surface area contributed by atoms with Gasteiger partial charge in [0.25, 0.3) is 0 Å². The van der Waals surface area contributed by atoms with Gasteiger partial charge in [0.2, 0.25) is 5.91 Å². The number of ether oxygens (including phenoxy) is 2. The van der Waals surface area contributed by atoms with E-state index in [-0.39, 0.29) is 12.5 Å². The quantitative estimate of drug-likeness (QED) is 0.0261. The molecule has 9 nitrogen and oxygen atoms in total. The standard InChI is InChI=1S/C60H107NO8/c1-3-5-7-9-11-13-15-17-19-20-21-22-23-24-25-26-27-28-29-30-31-32-33-34-36-38-40-42-44-46-48-50-56(64)61-53(52-68-60-59(67)58(66)57(65)55(51-62)69-60)54(63)49-47-45-43-41-39-37-35-18-16-14-12-10-8-6-4-2/h5,7,11,13,17,19,21-22,24-25,27-28,53-55,57-60,62-63,65-67H,3-4,6,8-10,12,14-16,18,20,23,26,29-52H2,1-2H3,(H,61,64)/b7-5-,13-11-,19-17-,22-21-,25-24-,28-27-. The van der Waals surface area contributed by atoms with E-state index in [9.17, 15) is 30.3 Å². The number of amides is 1. The highest BCUT2D eigenvalue weighted by molar-refractivity contribution is 5.76. The first-order valence-corrected chi connectivity index (χ1v) is 28.6. The number of carbonyl (C=O) groups is 1. The number of carbonyl (C=O) groups excluding carboxylic acids is 1. The molecule has 6 N–H and O–H groups in total. The van der Waals surface area contributed by atoms with Crippen molar-refractivity contribution in [3.8, 4) is 0 Å². The highest BCUT2D eigenvalue weighted by Crippen LogP contribution is 2.23. The summed E-state index contributed by atoms with van der Waals surface area (Å²) in [6.45, 7) is 3.73. The van der Waals surface area contributed by atoms with Gasteiger partial charge in [0.05, 0.1) is 25.4 Å². The molecule has 0 aromatic heterocycles. The lowest BCUT2D eigenvalue weighted by Gasteiger charge is -2.40. The van der Waals surface area contributed by atoms with Crippen molar-refractivity contribution in [2.75, 3.05) is 13.2 Å². The third kappa shape index (κ3) is 38.9. The van der Waals surface area contributed by atoms with Gasteiger partial charge < -0.3 is 40.3 Å². The predicted octanol–water partition coefficient (Wildman–Crippen LogP) is 14.1. The van der Waals surface area contributed by atoms with E-state index in [4.69, 9.17) is 9.47 Å². The van der Waals surface area contributed by atoms with E-state index in [0.717, 1.165) is 77.0 Å². The van der Waals surface area contributed by atoms with E-state index in [1.54, 1.807) is 0 Å². The maximum atomic E-state index is 13.1. The van der Waals surface area contributed by atoms with Gasteiger partial charge in [-0.05, 0) is 64.2 Å². The maximum Gasteiger partial charge on any atom is 0.220 e. The molecule has 1 rings (SSSR count). The van der Waals surface area contributed by atoms with Crippen LogP contribution in [0, 0.1) is 0 Å². The zero-order valence-electron chi connectivity index (χ0n) is 44.3. The lowest BCUT2D eigenvalue weighted by atomic mass is 9.99. The molecule has 1 aliphatic rings. The Balaban J connectivity index is 2.17. The number of allylic oxidation sites excluding steroid dienone is 12. The Kier molecular flexibility index (Phi) is 46.1. The van der Waals surface area contributed by atoms with E-state index >= 15 is 0 Å². The number of aliphatic hydroxyl groups is 5. The first-order valence-electron chi connectivity index (χ1n) is 28.6. The number of rotatable bonds is 48. The van der Waals surface area contributed by atoms with Crippen LogP contribution in [-0.4, -0.2) is 87.5 Å². The van der Waals surface area contributed by atoms with Crippen LogP contribution in [0.2, 0.25) is 0 Å². The smallest absolute Gasteiger partial charge is 0.220 e. The van der Waals surface area contributed by atoms with Gasteiger partial charge in [0.1, 0.15) is 24.4 Å². The van der Waals surface area contributed by atoms with Gasteiger partial charge in [-0.2, -0.15) is 0 Å². The third-order valence-corrected chi connectivity index (χ3v) is 13.3. The summed E-state index contributed by atoms with van der Waals surface area (Å²) >= 11 is 0. The highest BCUT2D eigenvalue weighted by atomic mass is 16.7. The molecule has 0 bridgehead atoms. The van der Waals surface area contributed by atoms with Gasteiger partial charge in [0.15, 0.2) is 6.29 Å². The number of hydrogen-bond acceptors (Lipinski definition) is 8. The molecule has 400 valence electrons. The molecular weight excluding hydrogens is 863 g/mol. The zero-order valence-corrected chi connectivity index (χ0v) is 44.3. The Hall–Kier alpha value is -2.37. The second-order valence-electron chi connectivity index (χ2n) is 19.7. The largest absolute Gasteiger partial charge is 0.394 e. The molecule has 7 unspecified atom stereocenters. The van der Waals surface area contributed by atoms with Crippen molar-refractivity contribution < 1.29 is 39.8 Å². The molecule has 0 aromatic rings. The van der Waals surface area contributed by atoms with Gasteiger partial charge >= 0.3 is 0 Å². The van der Waals surface area contributed by atoms with E-state index in [2.05, 4.69) is 92.1 Å².